The van der Waals surface area contributed by atoms with Crippen molar-refractivity contribution < 1.29 is 8.78 Å². The fourth-order valence-corrected chi connectivity index (χ4v) is 4.82. The summed E-state index contributed by atoms with van der Waals surface area (Å²) in [6.07, 6.45) is 17.2. The van der Waals surface area contributed by atoms with Crippen molar-refractivity contribution in [2.24, 2.45) is 17.8 Å². The van der Waals surface area contributed by atoms with Crippen molar-refractivity contribution in [1.29, 1.82) is 5.26 Å². The molecule has 138 valence electrons. The lowest BCUT2D eigenvalue weighted by Gasteiger charge is -2.37. The van der Waals surface area contributed by atoms with E-state index in [1.165, 1.54) is 56.7 Å². The molecule has 0 atom stereocenters. The summed E-state index contributed by atoms with van der Waals surface area (Å²) in [4.78, 5) is 0. The molecule has 0 N–H and O–H groups in total. The van der Waals surface area contributed by atoms with Gasteiger partial charge in [-0.1, -0.05) is 24.3 Å². The van der Waals surface area contributed by atoms with E-state index in [0.29, 0.717) is 11.8 Å². The largest absolute Gasteiger partial charge is 0.204 e. The predicted molar refractivity (Wildman–Crippen MR) is 100 cm³/mol. The molecule has 2 aliphatic carbocycles. The number of nitriles is 1. The average Bonchev–Trinajstić information content (AvgIpc) is 2.68. The van der Waals surface area contributed by atoms with Crippen molar-refractivity contribution in [2.45, 2.75) is 57.3 Å². The fraction of sp³-hybridized carbons (Fsp3) is 0.522. The Hall–Kier alpha value is -1.95. The van der Waals surface area contributed by atoms with Crippen LogP contribution in [0.4, 0.5) is 8.78 Å². The van der Waals surface area contributed by atoms with Gasteiger partial charge in [0.1, 0.15) is 0 Å². The number of hydrogen-bond acceptors (Lipinski definition) is 1. The summed E-state index contributed by atoms with van der Waals surface area (Å²) in [7, 11) is 0. The summed E-state index contributed by atoms with van der Waals surface area (Å²) in [6, 6.07) is 6.41. The van der Waals surface area contributed by atoms with Crippen LogP contribution in [-0.4, -0.2) is 0 Å². The molecule has 0 heterocycles. The van der Waals surface area contributed by atoms with Gasteiger partial charge in [0.25, 0.3) is 0 Å². The highest BCUT2D eigenvalue weighted by atomic mass is 19.2. The minimum atomic E-state index is -0.753. The Morgan fingerprint density at radius 1 is 0.846 bits per heavy atom. The number of allylic oxidation sites excluding steroid dienone is 4. The molecule has 0 bridgehead atoms. The van der Waals surface area contributed by atoms with Crippen LogP contribution < -0.4 is 0 Å². The molecule has 2 saturated carbocycles. The van der Waals surface area contributed by atoms with Gasteiger partial charge in [-0.2, -0.15) is 5.26 Å². The summed E-state index contributed by atoms with van der Waals surface area (Å²) in [5.74, 6) is 1.16. The van der Waals surface area contributed by atoms with Crippen molar-refractivity contribution in [2.75, 3.05) is 0 Å². The lowest BCUT2D eigenvalue weighted by molar-refractivity contribution is 0.171. The van der Waals surface area contributed by atoms with Crippen LogP contribution in [0.15, 0.2) is 42.5 Å². The van der Waals surface area contributed by atoms with Gasteiger partial charge >= 0.3 is 0 Å². The SMILES string of the molecule is N#CC=CC=CC1CCC(C2CCC(c3ccc(F)c(F)c3)CC2)CC1. The molecule has 3 heteroatoms. The number of halogens is 2. The Kier molecular flexibility index (Phi) is 6.61. The molecule has 0 radical (unpaired) electrons. The van der Waals surface area contributed by atoms with Crippen molar-refractivity contribution in [1.82, 2.24) is 0 Å². The fourth-order valence-electron chi connectivity index (χ4n) is 4.82. The summed E-state index contributed by atoms with van der Waals surface area (Å²) in [5, 5.41) is 8.49. The first-order chi connectivity index (χ1) is 12.7. The Bertz CT molecular complexity index is 685. The number of benzene rings is 1. The van der Waals surface area contributed by atoms with E-state index in [1.807, 2.05) is 18.2 Å². The molecule has 1 aromatic carbocycles. The Morgan fingerprint density at radius 2 is 1.50 bits per heavy atom. The number of hydrogen-bond donors (Lipinski definition) is 0. The van der Waals surface area contributed by atoms with Gasteiger partial charge < -0.3 is 0 Å². The lowest BCUT2D eigenvalue weighted by atomic mass is 9.68. The topological polar surface area (TPSA) is 23.8 Å². The molecule has 0 saturated heterocycles. The van der Waals surface area contributed by atoms with E-state index in [1.54, 1.807) is 6.07 Å². The quantitative estimate of drug-likeness (QED) is 0.436. The van der Waals surface area contributed by atoms with Gasteiger partial charge in [0.2, 0.25) is 0 Å². The summed E-state index contributed by atoms with van der Waals surface area (Å²) in [5.41, 5.74) is 0.960. The highest BCUT2D eigenvalue weighted by Gasteiger charge is 2.30. The van der Waals surface area contributed by atoms with E-state index in [4.69, 9.17) is 5.26 Å². The van der Waals surface area contributed by atoms with Gasteiger partial charge in [0.05, 0.1) is 6.07 Å². The molecule has 0 amide bonds. The maximum Gasteiger partial charge on any atom is 0.159 e. The van der Waals surface area contributed by atoms with E-state index < -0.39 is 11.6 Å². The van der Waals surface area contributed by atoms with Gasteiger partial charge in [-0.3, -0.25) is 0 Å². The normalized spacial score (nSPS) is 29.9. The number of nitrogens with zero attached hydrogens (tertiary/aromatic N) is 1. The first-order valence-corrected chi connectivity index (χ1v) is 9.85. The van der Waals surface area contributed by atoms with Crippen molar-refractivity contribution in [3.63, 3.8) is 0 Å². The molecule has 0 unspecified atom stereocenters. The zero-order valence-electron chi connectivity index (χ0n) is 15.2. The van der Waals surface area contributed by atoms with E-state index in [0.717, 1.165) is 30.2 Å². The smallest absolute Gasteiger partial charge is 0.159 e. The van der Waals surface area contributed by atoms with Gasteiger partial charge in [-0.15, -0.1) is 0 Å². The van der Waals surface area contributed by atoms with E-state index in [2.05, 4.69) is 6.08 Å². The maximum absolute atomic E-state index is 13.5. The second-order valence-corrected chi connectivity index (χ2v) is 7.83. The van der Waals surface area contributed by atoms with Crippen molar-refractivity contribution >= 4 is 0 Å². The molecular weight excluding hydrogens is 328 g/mol. The Labute approximate surface area is 155 Å². The molecule has 3 rings (SSSR count). The van der Waals surface area contributed by atoms with Gasteiger partial charge in [-0.25, -0.2) is 8.78 Å². The van der Waals surface area contributed by atoms with Crippen molar-refractivity contribution in [3.8, 4) is 6.07 Å². The number of rotatable bonds is 4. The van der Waals surface area contributed by atoms with Gasteiger partial charge in [-0.05, 0) is 92.7 Å². The van der Waals surface area contributed by atoms with Crippen LogP contribution in [0, 0.1) is 40.7 Å². The van der Waals surface area contributed by atoms with Crippen LogP contribution >= 0.6 is 0 Å². The van der Waals surface area contributed by atoms with Crippen LogP contribution in [0.2, 0.25) is 0 Å². The maximum atomic E-state index is 13.5. The van der Waals surface area contributed by atoms with Gasteiger partial charge in [0, 0.05) is 6.08 Å². The zero-order chi connectivity index (χ0) is 18.4. The monoisotopic (exact) mass is 355 g/mol. The third kappa shape index (κ3) is 4.81. The first kappa shape index (κ1) is 18.8. The molecule has 2 aliphatic rings. The summed E-state index contributed by atoms with van der Waals surface area (Å²) in [6.45, 7) is 0. The highest BCUT2D eigenvalue weighted by molar-refractivity contribution is 5.22. The molecule has 26 heavy (non-hydrogen) atoms. The lowest BCUT2D eigenvalue weighted by Crippen LogP contribution is -2.25. The highest BCUT2D eigenvalue weighted by Crippen LogP contribution is 2.44. The molecule has 1 nitrogen and oxygen atoms in total. The van der Waals surface area contributed by atoms with Crippen LogP contribution in [0.1, 0.15) is 62.8 Å². The molecule has 1 aromatic rings. The second-order valence-electron chi connectivity index (χ2n) is 7.83. The molecular formula is C23H27F2N. The third-order valence-corrected chi connectivity index (χ3v) is 6.34. The van der Waals surface area contributed by atoms with Crippen LogP contribution in [0.3, 0.4) is 0 Å². The Morgan fingerprint density at radius 3 is 2.12 bits per heavy atom. The van der Waals surface area contributed by atoms with E-state index >= 15 is 0 Å². The van der Waals surface area contributed by atoms with Crippen LogP contribution in [0.5, 0.6) is 0 Å². The zero-order valence-corrected chi connectivity index (χ0v) is 15.2. The molecule has 0 aromatic heterocycles. The second kappa shape index (κ2) is 9.12. The first-order valence-electron chi connectivity index (χ1n) is 9.85. The minimum Gasteiger partial charge on any atom is -0.204 e. The van der Waals surface area contributed by atoms with Gasteiger partial charge in [0.15, 0.2) is 11.6 Å². The van der Waals surface area contributed by atoms with E-state index in [-0.39, 0.29) is 0 Å². The predicted octanol–water partition coefficient (Wildman–Crippen LogP) is 6.68. The molecule has 0 aliphatic heterocycles. The summed E-state index contributed by atoms with van der Waals surface area (Å²) < 4.78 is 26.6. The molecule has 2 fully saturated rings. The van der Waals surface area contributed by atoms with Crippen LogP contribution in [-0.2, 0) is 0 Å². The van der Waals surface area contributed by atoms with Crippen molar-refractivity contribution in [3.05, 3.63) is 59.7 Å². The van der Waals surface area contributed by atoms with E-state index in [9.17, 15) is 8.78 Å². The molecule has 0 spiro atoms. The average molecular weight is 355 g/mol. The third-order valence-electron chi connectivity index (χ3n) is 6.34. The minimum absolute atomic E-state index is 0.382. The summed E-state index contributed by atoms with van der Waals surface area (Å²) >= 11 is 0. The van der Waals surface area contributed by atoms with Crippen LogP contribution in [0.25, 0.3) is 0 Å². The Balaban J connectivity index is 1.46. The standard InChI is InChI=1S/C23H27F2N/c24-22-14-13-21(16-23(22)25)20-11-9-19(10-12-20)18-7-5-17(6-8-18)4-2-1-3-15-26/h1-4,13-14,16-20H,5-12H2.